The Kier molecular flexibility index (Phi) is 2.60. The van der Waals surface area contributed by atoms with Crippen LogP contribution in [0, 0.1) is 6.92 Å². The van der Waals surface area contributed by atoms with Crippen LogP contribution in [0.2, 0.25) is 0 Å². The Morgan fingerprint density at radius 3 is 3.17 bits per heavy atom. The van der Waals surface area contributed by atoms with Gasteiger partial charge in [0.25, 0.3) is 0 Å². The van der Waals surface area contributed by atoms with Crippen LogP contribution in [-0.2, 0) is 6.54 Å². The number of aromatic amines is 1. The molecule has 0 fully saturated rings. The van der Waals surface area contributed by atoms with Gasteiger partial charge in [-0.2, -0.15) is 4.98 Å². The molecule has 3 rings (SSSR count). The zero-order chi connectivity index (χ0) is 12.5. The molecule has 0 spiro atoms. The lowest BCUT2D eigenvalue weighted by Crippen LogP contribution is -2.04. The second-order valence-electron chi connectivity index (χ2n) is 3.92. The molecule has 0 saturated heterocycles. The first kappa shape index (κ1) is 11.0. The number of fused-ring (bicyclic) bond motifs is 1. The van der Waals surface area contributed by atoms with Crippen LogP contribution in [0.1, 0.15) is 11.3 Å². The Bertz CT molecular complexity index is 741. The Morgan fingerprint density at radius 2 is 2.44 bits per heavy atom. The third kappa shape index (κ3) is 2.00. The molecule has 3 aromatic rings. The van der Waals surface area contributed by atoms with Gasteiger partial charge in [-0.3, -0.25) is 4.79 Å². The molecule has 18 heavy (non-hydrogen) atoms. The SMILES string of the molecule is Cc1cccn2nc(NCc3csc(=O)[nH]3)nc12. The van der Waals surface area contributed by atoms with E-state index in [9.17, 15) is 4.79 Å². The van der Waals surface area contributed by atoms with Crippen molar-refractivity contribution < 1.29 is 0 Å². The van der Waals surface area contributed by atoms with Crippen molar-refractivity contribution in [2.24, 2.45) is 0 Å². The van der Waals surface area contributed by atoms with Crippen molar-refractivity contribution in [3.63, 3.8) is 0 Å². The number of nitrogens with one attached hydrogen (secondary N) is 2. The molecule has 0 radical (unpaired) electrons. The van der Waals surface area contributed by atoms with Crippen LogP contribution in [0.15, 0.2) is 28.5 Å². The zero-order valence-corrected chi connectivity index (χ0v) is 10.5. The second kappa shape index (κ2) is 4.26. The molecule has 0 atom stereocenters. The molecular weight excluding hydrogens is 250 g/mol. The minimum atomic E-state index is -0.0504. The largest absolute Gasteiger partial charge is 0.347 e. The van der Waals surface area contributed by atoms with Crippen LogP contribution in [0.4, 0.5) is 5.95 Å². The summed E-state index contributed by atoms with van der Waals surface area (Å²) < 4.78 is 1.73. The molecule has 0 saturated carbocycles. The van der Waals surface area contributed by atoms with Gasteiger partial charge < -0.3 is 10.3 Å². The number of aryl methyl sites for hydroxylation is 1. The summed E-state index contributed by atoms with van der Waals surface area (Å²) in [6.07, 6.45) is 1.85. The number of anilines is 1. The molecule has 2 N–H and O–H groups in total. The minimum absolute atomic E-state index is 0.0504. The second-order valence-corrected chi connectivity index (χ2v) is 4.76. The Morgan fingerprint density at radius 1 is 1.56 bits per heavy atom. The average Bonchev–Trinajstić information content (AvgIpc) is 2.93. The molecule has 92 valence electrons. The number of H-pyrrole nitrogens is 1. The molecule has 0 aromatic carbocycles. The number of nitrogens with zero attached hydrogens (tertiary/aromatic N) is 3. The molecule has 0 bridgehead atoms. The van der Waals surface area contributed by atoms with Gasteiger partial charge in [0.05, 0.1) is 6.54 Å². The fourth-order valence-electron chi connectivity index (χ4n) is 1.69. The number of hydrogen-bond acceptors (Lipinski definition) is 5. The van der Waals surface area contributed by atoms with Crippen LogP contribution in [0.25, 0.3) is 5.65 Å². The molecule has 0 aliphatic heterocycles. The fraction of sp³-hybridized carbons (Fsp3) is 0.182. The molecule has 0 unspecified atom stereocenters. The van der Waals surface area contributed by atoms with E-state index < -0.39 is 0 Å². The third-order valence-electron chi connectivity index (χ3n) is 2.57. The van der Waals surface area contributed by atoms with Crippen LogP contribution >= 0.6 is 11.3 Å². The van der Waals surface area contributed by atoms with E-state index in [0.29, 0.717) is 12.5 Å². The first-order valence-corrected chi connectivity index (χ1v) is 6.33. The predicted molar refractivity (Wildman–Crippen MR) is 70.0 cm³/mol. The van der Waals surface area contributed by atoms with Gasteiger partial charge >= 0.3 is 4.87 Å². The van der Waals surface area contributed by atoms with E-state index in [0.717, 1.165) is 28.2 Å². The highest BCUT2D eigenvalue weighted by Gasteiger charge is 2.05. The molecule has 6 nitrogen and oxygen atoms in total. The summed E-state index contributed by atoms with van der Waals surface area (Å²) in [6.45, 7) is 2.50. The maximum Gasteiger partial charge on any atom is 0.304 e. The number of aromatic nitrogens is 4. The molecule has 7 heteroatoms. The van der Waals surface area contributed by atoms with Gasteiger partial charge in [0.2, 0.25) is 5.95 Å². The molecule has 3 aromatic heterocycles. The van der Waals surface area contributed by atoms with Gasteiger partial charge in [0.1, 0.15) is 0 Å². The summed E-state index contributed by atoms with van der Waals surface area (Å²) in [7, 11) is 0. The Hall–Kier alpha value is -2.15. The standard InChI is InChI=1S/C11H11N5OS/c1-7-3-2-4-16-9(7)14-10(15-16)12-5-8-6-18-11(17)13-8/h2-4,6H,5H2,1H3,(H,12,15)(H,13,17). The van der Waals surface area contributed by atoms with E-state index in [-0.39, 0.29) is 4.87 Å². The third-order valence-corrected chi connectivity index (χ3v) is 3.28. The van der Waals surface area contributed by atoms with Crippen LogP contribution < -0.4 is 10.2 Å². The molecule has 3 heterocycles. The quantitative estimate of drug-likeness (QED) is 0.747. The molecule has 0 amide bonds. The summed E-state index contributed by atoms with van der Waals surface area (Å²) in [5.41, 5.74) is 2.74. The van der Waals surface area contributed by atoms with Gasteiger partial charge in [-0.15, -0.1) is 5.10 Å². The summed E-state index contributed by atoms with van der Waals surface area (Å²) >= 11 is 1.15. The van der Waals surface area contributed by atoms with Gasteiger partial charge in [-0.05, 0) is 18.6 Å². The molecule has 0 aliphatic carbocycles. The predicted octanol–water partition coefficient (Wildman–Crippen LogP) is 1.40. The van der Waals surface area contributed by atoms with E-state index >= 15 is 0 Å². The topological polar surface area (TPSA) is 75.1 Å². The van der Waals surface area contributed by atoms with Crippen molar-refractivity contribution in [1.29, 1.82) is 0 Å². The lowest BCUT2D eigenvalue weighted by Gasteiger charge is -1.96. The summed E-state index contributed by atoms with van der Waals surface area (Å²) in [6, 6.07) is 3.92. The Labute approximate surface area is 106 Å². The van der Waals surface area contributed by atoms with Crippen molar-refractivity contribution in [2.75, 3.05) is 5.32 Å². The number of thiazole rings is 1. The van der Waals surface area contributed by atoms with Gasteiger partial charge in [0.15, 0.2) is 5.65 Å². The van der Waals surface area contributed by atoms with Gasteiger partial charge in [-0.1, -0.05) is 17.4 Å². The Balaban J connectivity index is 1.83. The minimum Gasteiger partial charge on any atom is -0.347 e. The van der Waals surface area contributed by atoms with Crippen molar-refractivity contribution in [3.8, 4) is 0 Å². The summed E-state index contributed by atoms with van der Waals surface area (Å²) in [5.74, 6) is 0.552. The lowest BCUT2D eigenvalue weighted by atomic mass is 10.3. The van der Waals surface area contributed by atoms with Gasteiger partial charge in [-0.25, -0.2) is 4.52 Å². The number of rotatable bonds is 3. The smallest absolute Gasteiger partial charge is 0.304 e. The van der Waals surface area contributed by atoms with Crippen molar-refractivity contribution in [2.45, 2.75) is 13.5 Å². The number of pyridine rings is 1. The fourth-order valence-corrected chi connectivity index (χ4v) is 2.27. The first-order chi connectivity index (χ1) is 8.72. The monoisotopic (exact) mass is 261 g/mol. The van der Waals surface area contributed by atoms with E-state index in [1.165, 1.54) is 0 Å². The maximum absolute atomic E-state index is 11.0. The molecular formula is C11H11N5OS. The van der Waals surface area contributed by atoms with E-state index in [4.69, 9.17) is 0 Å². The van der Waals surface area contributed by atoms with E-state index in [1.54, 1.807) is 9.90 Å². The van der Waals surface area contributed by atoms with E-state index in [1.807, 2.05) is 25.3 Å². The first-order valence-electron chi connectivity index (χ1n) is 5.45. The normalized spacial score (nSPS) is 10.9. The molecule has 0 aliphatic rings. The van der Waals surface area contributed by atoms with Gasteiger partial charge in [0, 0.05) is 17.3 Å². The number of hydrogen-bond donors (Lipinski definition) is 2. The lowest BCUT2D eigenvalue weighted by molar-refractivity contribution is 0.940. The highest BCUT2D eigenvalue weighted by molar-refractivity contribution is 7.07. The maximum atomic E-state index is 11.0. The highest BCUT2D eigenvalue weighted by Crippen LogP contribution is 2.10. The summed E-state index contributed by atoms with van der Waals surface area (Å²) in [5, 5.41) is 9.17. The summed E-state index contributed by atoms with van der Waals surface area (Å²) in [4.78, 5) is 18.1. The van der Waals surface area contributed by atoms with Crippen molar-refractivity contribution in [3.05, 3.63) is 44.6 Å². The van der Waals surface area contributed by atoms with Crippen LogP contribution in [0.3, 0.4) is 0 Å². The van der Waals surface area contributed by atoms with Crippen LogP contribution in [0.5, 0.6) is 0 Å². The van der Waals surface area contributed by atoms with Crippen LogP contribution in [-0.4, -0.2) is 19.6 Å². The van der Waals surface area contributed by atoms with Crippen molar-refractivity contribution >= 4 is 22.9 Å². The van der Waals surface area contributed by atoms with Crippen molar-refractivity contribution in [1.82, 2.24) is 19.6 Å². The highest BCUT2D eigenvalue weighted by atomic mass is 32.1. The zero-order valence-electron chi connectivity index (χ0n) is 9.67. The van der Waals surface area contributed by atoms with E-state index in [2.05, 4.69) is 20.4 Å². The average molecular weight is 261 g/mol.